The Labute approximate surface area is 113 Å². The van der Waals surface area contributed by atoms with Crippen LogP contribution in [0.25, 0.3) is 0 Å². The average molecular weight is 267 g/mol. The van der Waals surface area contributed by atoms with E-state index in [0.717, 1.165) is 38.4 Å². The lowest BCUT2D eigenvalue weighted by Gasteiger charge is -2.33. The largest absolute Gasteiger partial charge is 0.494 e. The van der Waals surface area contributed by atoms with E-state index in [2.05, 4.69) is 22.5 Å². The van der Waals surface area contributed by atoms with Gasteiger partial charge in [0.2, 0.25) is 0 Å². The van der Waals surface area contributed by atoms with Gasteiger partial charge >= 0.3 is 0 Å². The van der Waals surface area contributed by atoms with Crippen LogP contribution in [-0.2, 0) is 0 Å². The van der Waals surface area contributed by atoms with E-state index < -0.39 is 0 Å². The van der Waals surface area contributed by atoms with Crippen LogP contribution in [-0.4, -0.2) is 50.8 Å². The van der Waals surface area contributed by atoms with Gasteiger partial charge in [-0.15, -0.1) is 0 Å². The number of nitrogens with one attached hydrogen (secondary N) is 2. The zero-order chi connectivity index (χ0) is 13.7. The smallest absolute Gasteiger partial charge is 0.167 e. The molecule has 1 heterocycles. The monoisotopic (exact) mass is 267 g/mol. The summed E-state index contributed by atoms with van der Waals surface area (Å²) in [5, 5.41) is 6.61. The molecule has 1 aromatic rings. The Morgan fingerprint density at radius 2 is 2.16 bits per heavy atom. The maximum atomic E-state index is 13.5. The first kappa shape index (κ1) is 14.1. The van der Waals surface area contributed by atoms with Crippen molar-refractivity contribution in [3.8, 4) is 5.75 Å². The number of piperazine rings is 1. The molecule has 1 aromatic carbocycles. The molecule has 1 aliphatic heterocycles. The molecule has 0 radical (unpaired) electrons. The van der Waals surface area contributed by atoms with Crippen LogP contribution in [0.1, 0.15) is 6.92 Å². The maximum Gasteiger partial charge on any atom is 0.167 e. The van der Waals surface area contributed by atoms with Gasteiger partial charge in [0, 0.05) is 50.5 Å². The molecule has 19 heavy (non-hydrogen) atoms. The summed E-state index contributed by atoms with van der Waals surface area (Å²) < 4.78 is 18.4. The van der Waals surface area contributed by atoms with E-state index in [1.54, 1.807) is 6.07 Å². The molecule has 0 aliphatic carbocycles. The third-order valence-electron chi connectivity index (χ3n) is 3.53. The molecule has 1 unspecified atom stereocenters. The Morgan fingerprint density at radius 3 is 2.79 bits per heavy atom. The highest BCUT2D eigenvalue weighted by molar-refractivity contribution is 5.47. The summed E-state index contributed by atoms with van der Waals surface area (Å²) >= 11 is 0. The number of anilines is 1. The molecule has 2 N–H and O–H groups in total. The molecule has 5 heteroatoms. The highest BCUT2D eigenvalue weighted by atomic mass is 19.1. The molecule has 4 nitrogen and oxygen atoms in total. The summed E-state index contributed by atoms with van der Waals surface area (Å²) in [5.74, 6) is -0.0528. The van der Waals surface area contributed by atoms with Crippen molar-refractivity contribution >= 4 is 5.69 Å². The minimum atomic E-state index is -0.331. The fraction of sp³-hybridized carbons (Fsp3) is 0.571. The Hall–Kier alpha value is -1.33. The van der Waals surface area contributed by atoms with Gasteiger partial charge < -0.3 is 15.4 Å². The number of hydrogen-bond donors (Lipinski definition) is 2. The molecule has 1 saturated heterocycles. The first-order chi connectivity index (χ1) is 9.20. The predicted molar refractivity (Wildman–Crippen MR) is 75.3 cm³/mol. The molecule has 1 aliphatic rings. The van der Waals surface area contributed by atoms with Gasteiger partial charge in [-0.1, -0.05) is 0 Å². The topological polar surface area (TPSA) is 36.5 Å². The van der Waals surface area contributed by atoms with Gasteiger partial charge in [0.1, 0.15) is 0 Å². The van der Waals surface area contributed by atoms with Crippen molar-refractivity contribution in [1.29, 1.82) is 0 Å². The minimum absolute atomic E-state index is 0.278. The Bertz CT molecular complexity index is 408. The van der Waals surface area contributed by atoms with Crippen LogP contribution in [0, 0.1) is 5.82 Å². The lowest BCUT2D eigenvalue weighted by Crippen LogP contribution is -2.49. The fourth-order valence-corrected chi connectivity index (χ4v) is 2.29. The van der Waals surface area contributed by atoms with Crippen LogP contribution in [0.5, 0.6) is 5.75 Å². The third-order valence-corrected chi connectivity index (χ3v) is 3.53. The highest BCUT2D eigenvalue weighted by Gasteiger charge is 2.16. The molecular weight excluding hydrogens is 245 g/mol. The van der Waals surface area contributed by atoms with E-state index in [1.165, 1.54) is 13.2 Å². The van der Waals surface area contributed by atoms with Gasteiger partial charge in [-0.3, -0.25) is 4.90 Å². The lowest BCUT2D eigenvalue weighted by molar-refractivity contribution is 0.191. The normalized spacial score (nSPS) is 18.1. The van der Waals surface area contributed by atoms with Crippen molar-refractivity contribution in [1.82, 2.24) is 10.2 Å². The Kier molecular flexibility index (Phi) is 4.99. The summed E-state index contributed by atoms with van der Waals surface area (Å²) in [7, 11) is 1.47. The van der Waals surface area contributed by atoms with Gasteiger partial charge in [-0.05, 0) is 19.1 Å². The average Bonchev–Trinajstić information content (AvgIpc) is 2.46. The molecular formula is C14H22FN3O. The third kappa shape index (κ3) is 3.81. The van der Waals surface area contributed by atoms with Crippen LogP contribution >= 0.6 is 0 Å². The molecule has 1 atom stereocenters. The lowest BCUT2D eigenvalue weighted by atomic mass is 10.2. The van der Waals surface area contributed by atoms with Crippen LogP contribution in [0.2, 0.25) is 0 Å². The van der Waals surface area contributed by atoms with E-state index in [9.17, 15) is 4.39 Å². The summed E-state index contributed by atoms with van der Waals surface area (Å²) in [6, 6.07) is 5.40. The van der Waals surface area contributed by atoms with Gasteiger partial charge in [0.05, 0.1) is 7.11 Å². The van der Waals surface area contributed by atoms with Crippen molar-refractivity contribution < 1.29 is 9.13 Å². The molecule has 106 valence electrons. The Balaban J connectivity index is 1.85. The van der Waals surface area contributed by atoms with Crippen molar-refractivity contribution in [2.75, 3.05) is 45.2 Å². The number of nitrogens with zero attached hydrogens (tertiary/aromatic N) is 1. The second kappa shape index (κ2) is 6.73. The standard InChI is InChI=1S/C14H22FN3O/c1-11(18-7-5-16-6-8-18)10-17-12-3-4-14(19-2)13(15)9-12/h3-4,9,11,16-17H,5-8,10H2,1-2H3. The highest BCUT2D eigenvalue weighted by Crippen LogP contribution is 2.20. The molecule has 0 bridgehead atoms. The summed E-state index contributed by atoms with van der Waals surface area (Å²) in [6.45, 7) is 7.23. The van der Waals surface area contributed by atoms with Gasteiger partial charge in [-0.2, -0.15) is 0 Å². The van der Waals surface area contributed by atoms with Gasteiger partial charge in [-0.25, -0.2) is 4.39 Å². The van der Waals surface area contributed by atoms with E-state index in [0.29, 0.717) is 6.04 Å². The van der Waals surface area contributed by atoms with Gasteiger partial charge in [0.25, 0.3) is 0 Å². The maximum absolute atomic E-state index is 13.5. The molecule has 0 spiro atoms. The molecule has 0 aromatic heterocycles. The Morgan fingerprint density at radius 1 is 1.42 bits per heavy atom. The van der Waals surface area contributed by atoms with E-state index in [1.807, 2.05) is 6.07 Å². The molecule has 0 saturated carbocycles. The first-order valence-corrected chi connectivity index (χ1v) is 6.73. The molecule has 2 rings (SSSR count). The number of halogens is 1. The summed E-state index contributed by atoms with van der Waals surface area (Å²) in [5.41, 5.74) is 0.792. The second-order valence-corrected chi connectivity index (χ2v) is 4.87. The SMILES string of the molecule is COc1ccc(NCC(C)N2CCNCC2)cc1F. The van der Waals surface area contributed by atoms with Crippen molar-refractivity contribution in [3.63, 3.8) is 0 Å². The predicted octanol–water partition coefficient (Wildman–Crippen LogP) is 1.54. The van der Waals surface area contributed by atoms with Crippen LogP contribution in [0.15, 0.2) is 18.2 Å². The number of rotatable bonds is 5. The van der Waals surface area contributed by atoms with Gasteiger partial charge in [0.15, 0.2) is 11.6 Å². The van der Waals surface area contributed by atoms with E-state index >= 15 is 0 Å². The summed E-state index contributed by atoms with van der Waals surface area (Å²) in [4.78, 5) is 2.43. The van der Waals surface area contributed by atoms with Crippen LogP contribution in [0.4, 0.5) is 10.1 Å². The number of methoxy groups -OCH3 is 1. The zero-order valence-corrected chi connectivity index (χ0v) is 11.6. The quantitative estimate of drug-likeness (QED) is 0.848. The zero-order valence-electron chi connectivity index (χ0n) is 11.6. The second-order valence-electron chi connectivity index (χ2n) is 4.87. The molecule has 1 fully saturated rings. The van der Waals surface area contributed by atoms with Crippen LogP contribution in [0.3, 0.4) is 0 Å². The van der Waals surface area contributed by atoms with Crippen molar-refractivity contribution in [3.05, 3.63) is 24.0 Å². The fourth-order valence-electron chi connectivity index (χ4n) is 2.29. The first-order valence-electron chi connectivity index (χ1n) is 6.73. The van der Waals surface area contributed by atoms with Crippen molar-refractivity contribution in [2.24, 2.45) is 0 Å². The number of hydrogen-bond acceptors (Lipinski definition) is 4. The van der Waals surface area contributed by atoms with E-state index in [-0.39, 0.29) is 11.6 Å². The van der Waals surface area contributed by atoms with E-state index in [4.69, 9.17) is 4.74 Å². The number of ether oxygens (including phenoxy) is 1. The van der Waals surface area contributed by atoms with Crippen molar-refractivity contribution in [2.45, 2.75) is 13.0 Å². The minimum Gasteiger partial charge on any atom is -0.494 e. The summed E-state index contributed by atoms with van der Waals surface area (Å²) in [6.07, 6.45) is 0. The number of benzene rings is 1. The van der Waals surface area contributed by atoms with Crippen LogP contribution < -0.4 is 15.4 Å². The molecule has 0 amide bonds.